The van der Waals surface area contributed by atoms with Gasteiger partial charge in [0, 0.05) is 19.6 Å². The maximum atomic E-state index is 11.6. The lowest BCUT2D eigenvalue weighted by Crippen LogP contribution is -2.49. The fourth-order valence-electron chi connectivity index (χ4n) is 2.01. The van der Waals surface area contributed by atoms with Crippen LogP contribution >= 0.6 is 7.82 Å². The average Bonchev–Trinajstić information content (AvgIpc) is 2.57. The van der Waals surface area contributed by atoms with Crippen LogP contribution in [-0.2, 0) is 23.4 Å². The molecule has 0 aromatic carbocycles. The zero-order valence-electron chi connectivity index (χ0n) is 13.4. The van der Waals surface area contributed by atoms with E-state index in [2.05, 4.69) is 4.52 Å². The zero-order valence-corrected chi connectivity index (χ0v) is 14.3. The number of esters is 1. The number of morpholine rings is 1. The monoisotopic (exact) mass is 389 g/mol. The minimum atomic E-state index is -4.88. The molecule has 148 valence electrons. The van der Waals surface area contributed by atoms with Gasteiger partial charge in [0.1, 0.15) is 24.9 Å². The van der Waals surface area contributed by atoms with Crippen LogP contribution in [0.3, 0.4) is 0 Å². The fourth-order valence-corrected chi connectivity index (χ4v) is 2.36. The molecule has 0 aromatic heterocycles. The molecule has 0 aromatic rings. The summed E-state index contributed by atoms with van der Waals surface area (Å²) in [5.41, 5.74) is 0. The lowest BCUT2D eigenvalue weighted by molar-refractivity contribution is -0.170. The summed E-state index contributed by atoms with van der Waals surface area (Å²) in [4.78, 5) is 30.6. The smallest absolute Gasteiger partial charge is 0.462 e. The number of ether oxygens (including phenoxy) is 2. The SMILES string of the molecule is O=C(OCCN1CCOCC1)C(O)C(O)C(O)C(O)COP(=O)(O)O. The van der Waals surface area contributed by atoms with E-state index >= 15 is 0 Å². The zero-order chi connectivity index (χ0) is 19.0. The Bertz CT molecular complexity index is 452. The van der Waals surface area contributed by atoms with E-state index in [4.69, 9.17) is 19.3 Å². The van der Waals surface area contributed by atoms with E-state index in [-0.39, 0.29) is 6.61 Å². The van der Waals surface area contributed by atoms with Gasteiger partial charge >= 0.3 is 13.8 Å². The van der Waals surface area contributed by atoms with Crippen LogP contribution in [0.15, 0.2) is 0 Å². The Morgan fingerprint density at radius 2 is 1.72 bits per heavy atom. The summed E-state index contributed by atoms with van der Waals surface area (Å²) in [6.07, 6.45) is -8.32. The maximum absolute atomic E-state index is 11.6. The number of phosphoric ester groups is 1. The number of aliphatic hydroxyl groups excluding tert-OH is 4. The van der Waals surface area contributed by atoms with Crippen LogP contribution in [-0.4, -0.2) is 112 Å². The molecular weight excluding hydrogens is 365 g/mol. The highest BCUT2D eigenvalue weighted by Gasteiger charge is 2.36. The van der Waals surface area contributed by atoms with Crippen LogP contribution in [0.4, 0.5) is 0 Å². The predicted molar refractivity (Wildman–Crippen MR) is 80.2 cm³/mol. The second kappa shape index (κ2) is 10.5. The Balaban J connectivity index is 2.35. The summed E-state index contributed by atoms with van der Waals surface area (Å²) in [7, 11) is -4.88. The van der Waals surface area contributed by atoms with Crippen molar-refractivity contribution in [1.82, 2.24) is 4.90 Å². The molecule has 0 aliphatic carbocycles. The maximum Gasteiger partial charge on any atom is 0.469 e. The topological polar surface area (TPSA) is 186 Å². The average molecular weight is 389 g/mol. The van der Waals surface area contributed by atoms with Crippen molar-refractivity contribution in [3.8, 4) is 0 Å². The van der Waals surface area contributed by atoms with Crippen molar-refractivity contribution in [1.29, 1.82) is 0 Å². The lowest BCUT2D eigenvalue weighted by atomic mass is 10.0. The van der Waals surface area contributed by atoms with E-state index in [1.807, 2.05) is 4.90 Å². The van der Waals surface area contributed by atoms with Gasteiger partial charge in [-0.3, -0.25) is 9.42 Å². The third kappa shape index (κ3) is 8.51. The molecule has 4 unspecified atom stereocenters. The molecule has 25 heavy (non-hydrogen) atoms. The number of phosphoric acid groups is 1. The first-order valence-corrected chi connectivity index (χ1v) is 9.04. The molecule has 12 nitrogen and oxygen atoms in total. The van der Waals surface area contributed by atoms with Gasteiger partial charge in [0.2, 0.25) is 0 Å². The molecule has 0 radical (unpaired) electrons. The van der Waals surface area contributed by atoms with Crippen molar-refractivity contribution in [3.05, 3.63) is 0 Å². The Labute approximate surface area is 143 Å². The molecule has 1 aliphatic heterocycles. The normalized spacial score (nSPS) is 21.4. The first-order valence-electron chi connectivity index (χ1n) is 7.51. The molecular formula is C12H24NO11P. The van der Waals surface area contributed by atoms with Gasteiger partial charge in [-0.15, -0.1) is 0 Å². The standard InChI is InChI=1S/C12H24NO11P/c14-8(7-24-25(19,20)21)9(15)10(16)11(17)12(18)23-6-3-13-1-4-22-5-2-13/h8-11,14-17H,1-7H2,(H2,19,20,21). The summed E-state index contributed by atoms with van der Waals surface area (Å²) < 4.78 is 24.4. The highest BCUT2D eigenvalue weighted by atomic mass is 31.2. The first-order chi connectivity index (χ1) is 11.6. The number of nitrogens with zero attached hydrogens (tertiary/aromatic N) is 1. The van der Waals surface area contributed by atoms with Crippen LogP contribution in [0.2, 0.25) is 0 Å². The Morgan fingerprint density at radius 1 is 1.12 bits per heavy atom. The van der Waals surface area contributed by atoms with E-state index in [1.165, 1.54) is 0 Å². The van der Waals surface area contributed by atoms with Crippen LogP contribution in [0.1, 0.15) is 0 Å². The summed E-state index contributed by atoms with van der Waals surface area (Å²) in [5.74, 6) is -1.21. The van der Waals surface area contributed by atoms with E-state index in [9.17, 15) is 29.8 Å². The van der Waals surface area contributed by atoms with Gasteiger partial charge in [0.15, 0.2) is 6.10 Å². The number of hydrogen-bond donors (Lipinski definition) is 6. The van der Waals surface area contributed by atoms with Crippen LogP contribution < -0.4 is 0 Å². The molecule has 0 amide bonds. The molecule has 1 heterocycles. The van der Waals surface area contributed by atoms with E-state index in [0.29, 0.717) is 32.8 Å². The fraction of sp³-hybridized carbons (Fsp3) is 0.917. The molecule has 1 fully saturated rings. The second-order valence-electron chi connectivity index (χ2n) is 5.40. The van der Waals surface area contributed by atoms with Gasteiger partial charge < -0.3 is 39.7 Å². The molecule has 0 spiro atoms. The van der Waals surface area contributed by atoms with E-state index in [1.54, 1.807) is 0 Å². The molecule has 1 rings (SSSR count). The largest absolute Gasteiger partial charge is 0.469 e. The van der Waals surface area contributed by atoms with Gasteiger partial charge in [0.05, 0.1) is 19.8 Å². The summed E-state index contributed by atoms with van der Waals surface area (Å²) in [6.45, 7) is 1.82. The third-order valence-electron chi connectivity index (χ3n) is 3.48. The van der Waals surface area contributed by atoms with E-state index in [0.717, 1.165) is 0 Å². The molecule has 0 bridgehead atoms. The van der Waals surface area contributed by atoms with Crippen molar-refractivity contribution < 1.29 is 53.6 Å². The summed E-state index contributed by atoms with van der Waals surface area (Å²) in [6, 6.07) is 0. The van der Waals surface area contributed by atoms with Gasteiger partial charge in [-0.25, -0.2) is 9.36 Å². The Morgan fingerprint density at radius 3 is 2.28 bits per heavy atom. The minimum absolute atomic E-state index is 0.0530. The van der Waals surface area contributed by atoms with Crippen molar-refractivity contribution in [2.75, 3.05) is 46.1 Å². The molecule has 4 atom stereocenters. The van der Waals surface area contributed by atoms with Gasteiger partial charge in [0.25, 0.3) is 0 Å². The van der Waals surface area contributed by atoms with Crippen molar-refractivity contribution in [2.24, 2.45) is 0 Å². The molecule has 13 heteroatoms. The van der Waals surface area contributed by atoms with Gasteiger partial charge in [-0.1, -0.05) is 0 Å². The number of carbonyl (C=O) groups is 1. The van der Waals surface area contributed by atoms with Crippen LogP contribution in [0.5, 0.6) is 0 Å². The quantitative estimate of drug-likeness (QED) is 0.160. The summed E-state index contributed by atoms with van der Waals surface area (Å²) >= 11 is 0. The predicted octanol–water partition coefficient (Wildman–Crippen LogP) is -3.59. The number of hydrogen-bond acceptors (Lipinski definition) is 10. The molecule has 0 saturated carbocycles. The number of aliphatic hydroxyl groups is 4. The third-order valence-corrected chi connectivity index (χ3v) is 3.96. The first kappa shape index (κ1) is 22.4. The highest BCUT2D eigenvalue weighted by Crippen LogP contribution is 2.35. The van der Waals surface area contributed by atoms with Crippen LogP contribution in [0.25, 0.3) is 0 Å². The van der Waals surface area contributed by atoms with Crippen molar-refractivity contribution in [3.63, 3.8) is 0 Å². The van der Waals surface area contributed by atoms with Crippen molar-refractivity contribution >= 4 is 13.8 Å². The van der Waals surface area contributed by atoms with Crippen LogP contribution in [0, 0.1) is 0 Å². The molecule has 6 N–H and O–H groups in total. The van der Waals surface area contributed by atoms with Gasteiger partial charge in [-0.2, -0.15) is 0 Å². The Kier molecular flexibility index (Phi) is 9.38. The summed E-state index contributed by atoms with van der Waals surface area (Å²) in [5, 5.41) is 38.4. The number of rotatable bonds is 10. The molecule has 1 saturated heterocycles. The van der Waals surface area contributed by atoms with E-state index < -0.39 is 44.8 Å². The minimum Gasteiger partial charge on any atom is -0.462 e. The second-order valence-corrected chi connectivity index (χ2v) is 6.64. The highest BCUT2D eigenvalue weighted by molar-refractivity contribution is 7.46. The Hall–Kier alpha value is -0.660. The van der Waals surface area contributed by atoms with Gasteiger partial charge in [-0.05, 0) is 0 Å². The number of carbonyl (C=O) groups excluding carboxylic acids is 1. The molecule has 1 aliphatic rings. The lowest BCUT2D eigenvalue weighted by Gasteiger charge is -2.27. The van der Waals surface area contributed by atoms with Crippen molar-refractivity contribution in [2.45, 2.75) is 24.4 Å².